The van der Waals surface area contributed by atoms with E-state index in [1.54, 1.807) is 35.3 Å². The lowest BCUT2D eigenvalue weighted by Gasteiger charge is -2.09. The van der Waals surface area contributed by atoms with Crippen molar-refractivity contribution in [2.45, 2.75) is 13.1 Å². The number of nitrogens with zero attached hydrogens (tertiary/aromatic N) is 2. The number of benzene rings is 1. The molecule has 1 unspecified atom stereocenters. The van der Waals surface area contributed by atoms with Gasteiger partial charge in [0.25, 0.3) is 0 Å². The topological polar surface area (TPSA) is 39.1 Å². The molecule has 0 aliphatic heterocycles. The monoisotopic (exact) mass is 235 g/mol. The van der Waals surface area contributed by atoms with Gasteiger partial charge in [-0.2, -0.15) is 5.10 Å². The Bertz CT molecular complexity index is 498. The molecule has 1 aromatic heterocycles. The van der Waals surface area contributed by atoms with Crippen LogP contribution in [0.15, 0.2) is 36.7 Å². The van der Waals surface area contributed by atoms with Crippen molar-refractivity contribution >= 4 is 0 Å². The molecular weight excluding hydrogens is 221 g/mol. The Balaban J connectivity index is 2.14. The molecule has 1 heterocycles. The number of aromatic nitrogens is 2. The average Bonchev–Trinajstić information content (AvgIpc) is 2.80. The van der Waals surface area contributed by atoms with Gasteiger partial charge in [0.2, 0.25) is 0 Å². The molecule has 0 amide bonds. The lowest BCUT2D eigenvalue weighted by Crippen LogP contribution is -2.19. The summed E-state index contributed by atoms with van der Waals surface area (Å²) in [6.07, 6.45) is 3.33. The summed E-state index contributed by atoms with van der Waals surface area (Å²) in [4.78, 5) is 0. The van der Waals surface area contributed by atoms with Crippen LogP contribution in [-0.4, -0.2) is 16.8 Å². The molecule has 17 heavy (non-hydrogen) atoms. The Labute approximate surface area is 99.0 Å². The summed E-state index contributed by atoms with van der Waals surface area (Å²) in [6, 6.07) is 6.28. The third-order valence-electron chi connectivity index (χ3n) is 2.46. The number of ether oxygens (including phenoxy) is 1. The zero-order chi connectivity index (χ0) is 12.3. The zero-order valence-electron chi connectivity index (χ0n) is 9.72. The molecule has 0 saturated heterocycles. The van der Waals surface area contributed by atoms with Gasteiger partial charge in [-0.05, 0) is 26.1 Å². The maximum absolute atomic E-state index is 13.3. The molecule has 2 aromatic rings. The van der Waals surface area contributed by atoms with Crippen molar-refractivity contribution in [3.8, 4) is 11.5 Å². The van der Waals surface area contributed by atoms with Gasteiger partial charge in [0.1, 0.15) is 0 Å². The van der Waals surface area contributed by atoms with Gasteiger partial charge in [0, 0.05) is 0 Å². The molecule has 2 rings (SSSR count). The minimum absolute atomic E-state index is 0.0629. The number of rotatable bonds is 4. The maximum atomic E-state index is 13.3. The van der Waals surface area contributed by atoms with Crippen LogP contribution in [0.1, 0.15) is 13.1 Å². The Morgan fingerprint density at radius 1 is 1.41 bits per heavy atom. The molecule has 0 bridgehead atoms. The second kappa shape index (κ2) is 4.97. The summed E-state index contributed by atoms with van der Waals surface area (Å²) in [5, 5.41) is 7.16. The Kier molecular flexibility index (Phi) is 3.39. The second-order valence-electron chi connectivity index (χ2n) is 3.65. The number of halogens is 1. The van der Waals surface area contributed by atoms with E-state index in [2.05, 4.69) is 10.4 Å². The van der Waals surface area contributed by atoms with Gasteiger partial charge in [-0.3, -0.25) is 10.00 Å². The first-order valence-electron chi connectivity index (χ1n) is 5.34. The first-order valence-corrected chi connectivity index (χ1v) is 5.34. The van der Waals surface area contributed by atoms with Crippen LogP contribution in [0.5, 0.6) is 11.5 Å². The van der Waals surface area contributed by atoms with Gasteiger partial charge in [-0.15, -0.1) is 0 Å². The second-order valence-corrected chi connectivity index (χ2v) is 3.65. The average molecular weight is 235 g/mol. The standard InChI is InChI=1S/C12H14FN3O/c1-9(14-2)16-8-10(7-15-16)17-12-6-4-3-5-11(12)13/h3-9,14H,1-2H3. The van der Waals surface area contributed by atoms with E-state index in [-0.39, 0.29) is 17.7 Å². The summed E-state index contributed by atoms with van der Waals surface area (Å²) < 4.78 is 20.4. The Morgan fingerprint density at radius 2 is 2.18 bits per heavy atom. The Hall–Kier alpha value is -1.88. The smallest absolute Gasteiger partial charge is 0.165 e. The van der Waals surface area contributed by atoms with Gasteiger partial charge < -0.3 is 4.74 Å². The molecule has 0 aliphatic rings. The highest BCUT2D eigenvalue weighted by molar-refractivity contribution is 5.29. The van der Waals surface area contributed by atoms with E-state index >= 15 is 0 Å². The quantitative estimate of drug-likeness (QED) is 0.885. The highest BCUT2D eigenvalue weighted by Gasteiger charge is 2.07. The van der Waals surface area contributed by atoms with Crippen LogP contribution in [0.25, 0.3) is 0 Å². The van der Waals surface area contributed by atoms with Gasteiger partial charge in [0.05, 0.1) is 18.6 Å². The van der Waals surface area contributed by atoms with Crippen LogP contribution < -0.4 is 10.1 Å². The SMILES string of the molecule is CNC(C)n1cc(Oc2ccccc2F)cn1. The number of hydrogen-bond donors (Lipinski definition) is 1. The molecule has 0 saturated carbocycles. The lowest BCUT2D eigenvalue weighted by molar-refractivity contribution is 0.422. The van der Waals surface area contributed by atoms with Crippen LogP contribution in [0.4, 0.5) is 4.39 Å². The molecule has 0 fully saturated rings. The zero-order valence-corrected chi connectivity index (χ0v) is 9.72. The van der Waals surface area contributed by atoms with E-state index in [0.717, 1.165) is 0 Å². The summed E-state index contributed by atoms with van der Waals surface area (Å²) in [7, 11) is 1.84. The molecule has 0 spiro atoms. The Morgan fingerprint density at radius 3 is 2.88 bits per heavy atom. The predicted molar refractivity (Wildman–Crippen MR) is 62.5 cm³/mol. The van der Waals surface area contributed by atoms with Crippen molar-refractivity contribution in [3.05, 3.63) is 42.5 Å². The molecule has 0 radical (unpaired) electrons. The van der Waals surface area contributed by atoms with Crippen molar-refractivity contribution in [1.29, 1.82) is 0 Å². The minimum atomic E-state index is -0.387. The molecular formula is C12H14FN3O. The van der Waals surface area contributed by atoms with Crippen LogP contribution >= 0.6 is 0 Å². The highest BCUT2D eigenvalue weighted by atomic mass is 19.1. The molecule has 1 aromatic carbocycles. The molecule has 1 atom stereocenters. The third kappa shape index (κ3) is 2.62. The van der Waals surface area contributed by atoms with Crippen molar-refractivity contribution in [3.63, 3.8) is 0 Å². The summed E-state index contributed by atoms with van der Waals surface area (Å²) in [6.45, 7) is 1.96. The van der Waals surface area contributed by atoms with Crippen LogP contribution in [0, 0.1) is 5.82 Å². The van der Waals surface area contributed by atoms with Crippen LogP contribution in [0.2, 0.25) is 0 Å². The highest BCUT2D eigenvalue weighted by Crippen LogP contribution is 2.23. The molecule has 4 nitrogen and oxygen atoms in total. The number of para-hydroxylation sites is 1. The van der Waals surface area contributed by atoms with Crippen LogP contribution in [0.3, 0.4) is 0 Å². The first-order chi connectivity index (χ1) is 8.20. The van der Waals surface area contributed by atoms with Crippen molar-refractivity contribution in [2.24, 2.45) is 0 Å². The number of nitrogens with one attached hydrogen (secondary N) is 1. The van der Waals surface area contributed by atoms with E-state index in [1.807, 2.05) is 14.0 Å². The minimum Gasteiger partial charge on any atom is -0.451 e. The normalized spacial score (nSPS) is 12.4. The van der Waals surface area contributed by atoms with Gasteiger partial charge in [-0.25, -0.2) is 4.39 Å². The van der Waals surface area contributed by atoms with E-state index < -0.39 is 0 Å². The predicted octanol–water partition coefficient (Wildman–Crippen LogP) is 2.55. The van der Waals surface area contributed by atoms with Crippen molar-refractivity contribution < 1.29 is 9.13 Å². The maximum Gasteiger partial charge on any atom is 0.165 e. The third-order valence-corrected chi connectivity index (χ3v) is 2.46. The fourth-order valence-electron chi connectivity index (χ4n) is 1.37. The van der Waals surface area contributed by atoms with Gasteiger partial charge in [0.15, 0.2) is 17.3 Å². The van der Waals surface area contributed by atoms with E-state index in [4.69, 9.17) is 4.74 Å². The lowest BCUT2D eigenvalue weighted by atomic mass is 10.3. The summed E-state index contributed by atoms with van der Waals surface area (Å²) in [5.74, 6) is 0.322. The van der Waals surface area contributed by atoms with Crippen molar-refractivity contribution in [1.82, 2.24) is 15.1 Å². The van der Waals surface area contributed by atoms with Crippen molar-refractivity contribution in [2.75, 3.05) is 7.05 Å². The molecule has 0 aliphatic carbocycles. The van der Waals surface area contributed by atoms with E-state index in [9.17, 15) is 4.39 Å². The van der Waals surface area contributed by atoms with E-state index in [0.29, 0.717) is 5.75 Å². The molecule has 90 valence electrons. The van der Waals surface area contributed by atoms with Gasteiger partial charge in [-0.1, -0.05) is 12.1 Å². The summed E-state index contributed by atoms with van der Waals surface area (Å²) >= 11 is 0. The van der Waals surface area contributed by atoms with Crippen LogP contribution in [-0.2, 0) is 0 Å². The van der Waals surface area contributed by atoms with Gasteiger partial charge >= 0.3 is 0 Å². The van der Waals surface area contributed by atoms with E-state index in [1.165, 1.54) is 6.07 Å². The fourth-order valence-corrected chi connectivity index (χ4v) is 1.37. The molecule has 5 heteroatoms. The molecule has 1 N–H and O–H groups in total. The first kappa shape index (κ1) is 11.6. The summed E-state index contributed by atoms with van der Waals surface area (Å²) in [5.41, 5.74) is 0. The largest absolute Gasteiger partial charge is 0.451 e. The number of hydrogen-bond acceptors (Lipinski definition) is 3. The fraction of sp³-hybridized carbons (Fsp3) is 0.250.